The molecule has 3 nitrogen and oxygen atoms in total. The molecular formula is C12H25ClN2O. The quantitative estimate of drug-likeness (QED) is 0.808. The van der Waals surface area contributed by atoms with Crippen LogP contribution in [-0.2, 0) is 4.74 Å². The minimum absolute atomic E-state index is 0. The Bertz CT molecular complexity index is 224. The second-order valence-electron chi connectivity index (χ2n) is 6.11. The van der Waals surface area contributed by atoms with E-state index in [2.05, 4.69) is 18.7 Å². The molecule has 1 heterocycles. The maximum atomic E-state index is 6.08. The van der Waals surface area contributed by atoms with E-state index in [4.69, 9.17) is 10.5 Å². The van der Waals surface area contributed by atoms with Gasteiger partial charge < -0.3 is 10.5 Å². The van der Waals surface area contributed by atoms with Gasteiger partial charge in [0.2, 0.25) is 0 Å². The van der Waals surface area contributed by atoms with Crippen LogP contribution in [0.4, 0.5) is 0 Å². The van der Waals surface area contributed by atoms with Gasteiger partial charge in [-0.2, -0.15) is 0 Å². The van der Waals surface area contributed by atoms with Crippen molar-refractivity contribution >= 4 is 12.4 Å². The fourth-order valence-corrected chi connectivity index (χ4v) is 2.77. The highest BCUT2D eigenvalue weighted by atomic mass is 35.5. The first kappa shape index (κ1) is 14.2. The summed E-state index contributed by atoms with van der Waals surface area (Å²) >= 11 is 0. The summed E-state index contributed by atoms with van der Waals surface area (Å²) < 4.78 is 5.71. The van der Waals surface area contributed by atoms with Crippen LogP contribution in [0.5, 0.6) is 0 Å². The van der Waals surface area contributed by atoms with E-state index in [0.29, 0.717) is 5.41 Å². The molecule has 1 aliphatic carbocycles. The Kier molecular flexibility index (Phi) is 4.64. The molecule has 1 aliphatic heterocycles. The van der Waals surface area contributed by atoms with Crippen LogP contribution in [0.15, 0.2) is 0 Å². The Hall–Kier alpha value is 0.170. The van der Waals surface area contributed by atoms with Crippen LogP contribution in [0.3, 0.4) is 0 Å². The lowest BCUT2D eigenvalue weighted by atomic mass is 9.69. The van der Waals surface area contributed by atoms with Crippen molar-refractivity contribution in [3.8, 4) is 0 Å². The van der Waals surface area contributed by atoms with Crippen LogP contribution in [0.1, 0.15) is 33.1 Å². The fraction of sp³-hybridized carbons (Fsp3) is 1.00. The van der Waals surface area contributed by atoms with Crippen LogP contribution >= 0.6 is 12.4 Å². The van der Waals surface area contributed by atoms with E-state index in [1.807, 2.05) is 0 Å². The summed E-state index contributed by atoms with van der Waals surface area (Å²) in [6.45, 7) is 9.26. The van der Waals surface area contributed by atoms with E-state index in [9.17, 15) is 0 Å². The minimum Gasteiger partial charge on any atom is -0.379 e. The molecule has 16 heavy (non-hydrogen) atoms. The Morgan fingerprint density at radius 3 is 2.56 bits per heavy atom. The van der Waals surface area contributed by atoms with Crippen LogP contribution in [0.25, 0.3) is 0 Å². The maximum Gasteiger partial charge on any atom is 0.0593 e. The van der Waals surface area contributed by atoms with Gasteiger partial charge in [-0.1, -0.05) is 6.42 Å². The van der Waals surface area contributed by atoms with E-state index in [0.717, 1.165) is 26.3 Å². The predicted octanol–water partition coefficient (Wildman–Crippen LogP) is 1.65. The second-order valence-corrected chi connectivity index (χ2v) is 6.11. The lowest BCUT2D eigenvalue weighted by Crippen LogP contribution is -2.50. The number of hydrogen-bond acceptors (Lipinski definition) is 3. The molecule has 2 aliphatic rings. The Labute approximate surface area is 105 Å². The molecule has 96 valence electrons. The van der Waals surface area contributed by atoms with Crippen molar-refractivity contribution in [3.63, 3.8) is 0 Å². The highest BCUT2D eigenvalue weighted by Gasteiger charge is 2.40. The molecule has 0 aromatic heterocycles. The third-order valence-corrected chi connectivity index (χ3v) is 3.56. The molecule has 2 N–H and O–H groups in total. The largest absolute Gasteiger partial charge is 0.379 e. The van der Waals surface area contributed by atoms with Gasteiger partial charge in [0.15, 0.2) is 0 Å². The summed E-state index contributed by atoms with van der Waals surface area (Å²) in [5, 5.41) is 0. The average Bonchev–Trinajstić information content (AvgIpc) is 2.22. The van der Waals surface area contributed by atoms with Crippen molar-refractivity contribution in [2.75, 3.05) is 32.8 Å². The zero-order valence-electron chi connectivity index (χ0n) is 10.5. The normalized spacial score (nSPS) is 25.7. The molecule has 4 heteroatoms. The van der Waals surface area contributed by atoms with Crippen molar-refractivity contribution in [1.29, 1.82) is 0 Å². The van der Waals surface area contributed by atoms with Crippen molar-refractivity contribution in [1.82, 2.24) is 4.90 Å². The predicted molar refractivity (Wildman–Crippen MR) is 69.1 cm³/mol. The molecule has 0 radical (unpaired) electrons. The smallest absolute Gasteiger partial charge is 0.0593 e. The monoisotopic (exact) mass is 248 g/mol. The topological polar surface area (TPSA) is 38.5 Å². The number of ether oxygens (including phenoxy) is 1. The van der Waals surface area contributed by atoms with Gasteiger partial charge in [-0.05, 0) is 26.7 Å². The van der Waals surface area contributed by atoms with Crippen molar-refractivity contribution in [3.05, 3.63) is 0 Å². The molecule has 2 fully saturated rings. The van der Waals surface area contributed by atoms with Gasteiger partial charge in [0.05, 0.1) is 13.2 Å². The van der Waals surface area contributed by atoms with E-state index in [1.165, 1.54) is 25.8 Å². The third-order valence-electron chi connectivity index (χ3n) is 3.56. The van der Waals surface area contributed by atoms with Gasteiger partial charge in [-0.15, -0.1) is 12.4 Å². The van der Waals surface area contributed by atoms with Gasteiger partial charge in [0, 0.05) is 30.6 Å². The number of hydrogen-bond donors (Lipinski definition) is 1. The number of halogens is 1. The van der Waals surface area contributed by atoms with E-state index >= 15 is 0 Å². The van der Waals surface area contributed by atoms with Crippen molar-refractivity contribution in [2.24, 2.45) is 11.1 Å². The Morgan fingerprint density at radius 2 is 2.06 bits per heavy atom. The van der Waals surface area contributed by atoms with E-state index < -0.39 is 0 Å². The first-order valence-electron chi connectivity index (χ1n) is 6.08. The summed E-state index contributed by atoms with van der Waals surface area (Å²) in [6, 6.07) is 0. The minimum atomic E-state index is -0.0880. The average molecular weight is 249 g/mol. The van der Waals surface area contributed by atoms with Gasteiger partial charge >= 0.3 is 0 Å². The molecule has 1 spiro atoms. The summed E-state index contributed by atoms with van der Waals surface area (Å²) in [7, 11) is 0. The molecule has 1 saturated heterocycles. The number of nitrogens with zero attached hydrogens (tertiary/aromatic N) is 1. The Balaban J connectivity index is 0.00000128. The molecule has 0 aromatic carbocycles. The summed E-state index contributed by atoms with van der Waals surface area (Å²) in [5.41, 5.74) is 6.47. The first-order valence-corrected chi connectivity index (χ1v) is 6.08. The van der Waals surface area contributed by atoms with Crippen LogP contribution < -0.4 is 5.73 Å². The standard InChI is InChI=1S/C12H24N2O.ClH/c1-11(2,13)8-14-6-7-15-10-12(9-14)4-3-5-12;/h3-10,13H2,1-2H3;1H. The van der Waals surface area contributed by atoms with Gasteiger partial charge in [-0.25, -0.2) is 0 Å². The third kappa shape index (κ3) is 3.59. The molecule has 0 atom stereocenters. The second kappa shape index (κ2) is 5.21. The highest BCUT2D eigenvalue weighted by molar-refractivity contribution is 5.85. The highest BCUT2D eigenvalue weighted by Crippen LogP contribution is 2.42. The lowest BCUT2D eigenvalue weighted by molar-refractivity contribution is 0.00898. The molecule has 2 rings (SSSR count). The SMILES string of the molecule is CC(C)(N)CN1CCOCC2(CCC2)C1.Cl. The lowest BCUT2D eigenvalue weighted by Gasteiger charge is -2.43. The molecule has 0 bridgehead atoms. The molecule has 0 amide bonds. The molecule has 1 saturated carbocycles. The van der Waals surface area contributed by atoms with Gasteiger partial charge in [0.25, 0.3) is 0 Å². The number of nitrogens with two attached hydrogens (primary N) is 1. The van der Waals surface area contributed by atoms with E-state index in [-0.39, 0.29) is 17.9 Å². The molecule has 0 aromatic rings. The van der Waals surface area contributed by atoms with Crippen molar-refractivity contribution in [2.45, 2.75) is 38.6 Å². The maximum absolute atomic E-state index is 6.08. The summed E-state index contributed by atoms with van der Waals surface area (Å²) in [5.74, 6) is 0. The first-order chi connectivity index (χ1) is 6.99. The van der Waals surface area contributed by atoms with Crippen LogP contribution in [-0.4, -0.2) is 43.3 Å². The van der Waals surface area contributed by atoms with Crippen LogP contribution in [0, 0.1) is 5.41 Å². The zero-order valence-corrected chi connectivity index (χ0v) is 11.3. The van der Waals surface area contributed by atoms with Gasteiger partial charge in [0.1, 0.15) is 0 Å². The molecule has 0 unspecified atom stereocenters. The summed E-state index contributed by atoms with van der Waals surface area (Å²) in [4.78, 5) is 2.49. The van der Waals surface area contributed by atoms with Gasteiger partial charge in [-0.3, -0.25) is 4.90 Å². The fourth-order valence-electron chi connectivity index (χ4n) is 2.77. The Morgan fingerprint density at radius 1 is 1.38 bits per heavy atom. The molecular weight excluding hydrogens is 224 g/mol. The van der Waals surface area contributed by atoms with Crippen LogP contribution in [0.2, 0.25) is 0 Å². The van der Waals surface area contributed by atoms with E-state index in [1.54, 1.807) is 0 Å². The van der Waals surface area contributed by atoms with Crippen molar-refractivity contribution < 1.29 is 4.74 Å². The zero-order chi connectivity index (χ0) is 10.9. The number of rotatable bonds is 2. The summed E-state index contributed by atoms with van der Waals surface area (Å²) in [6.07, 6.45) is 4.06.